The molecule has 1 N–H and O–H groups in total. The Bertz CT molecular complexity index is 497. The number of benzene rings is 1. The van der Waals surface area contributed by atoms with Crippen LogP contribution in [0.3, 0.4) is 0 Å². The zero-order valence-electron chi connectivity index (χ0n) is 11.1. The SMILES string of the molecule is CC1(C)CNC(=O)CN(C(=O)c2ccc(Cl)cc2)C1. The minimum atomic E-state index is -0.137. The van der Waals surface area contributed by atoms with Crippen molar-refractivity contribution in [3.8, 4) is 0 Å². The van der Waals surface area contributed by atoms with E-state index >= 15 is 0 Å². The highest BCUT2D eigenvalue weighted by molar-refractivity contribution is 6.30. The second kappa shape index (κ2) is 5.21. The van der Waals surface area contributed by atoms with Crippen LogP contribution in [-0.2, 0) is 4.79 Å². The van der Waals surface area contributed by atoms with E-state index in [0.29, 0.717) is 23.7 Å². The van der Waals surface area contributed by atoms with E-state index in [9.17, 15) is 9.59 Å². The lowest BCUT2D eigenvalue weighted by molar-refractivity contribution is -0.121. The molecule has 0 spiro atoms. The molecule has 0 radical (unpaired) electrons. The van der Waals surface area contributed by atoms with Crippen LogP contribution in [0.25, 0.3) is 0 Å². The van der Waals surface area contributed by atoms with Crippen molar-refractivity contribution in [2.75, 3.05) is 19.6 Å². The van der Waals surface area contributed by atoms with Gasteiger partial charge in [-0.3, -0.25) is 9.59 Å². The van der Waals surface area contributed by atoms with Crippen molar-refractivity contribution in [1.29, 1.82) is 0 Å². The van der Waals surface area contributed by atoms with Crippen LogP contribution in [0.4, 0.5) is 0 Å². The van der Waals surface area contributed by atoms with Gasteiger partial charge >= 0.3 is 0 Å². The molecule has 0 unspecified atom stereocenters. The summed E-state index contributed by atoms with van der Waals surface area (Å²) >= 11 is 5.81. The maximum atomic E-state index is 12.4. The van der Waals surface area contributed by atoms with Crippen molar-refractivity contribution < 1.29 is 9.59 Å². The van der Waals surface area contributed by atoms with E-state index in [4.69, 9.17) is 11.6 Å². The van der Waals surface area contributed by atoms with Crippen LogP contribution in [0, 0.1) is 5.41 Å². The van der Waals surface area contributed by atoms with Crippen molar-refractivity contribution in [2.45, 2.75) is 13.8 Å². The summed E-state index contributed by atoms with van der Waals surface area (Å²) < 4.78 is 0. The molecule has 0 aromatic heterocycles. The molecule has 1 heterocycles. The molecular formula is C14H17ClN2O2. The number of nitrogens with zero attached hydrogens (tertiary/aromatic N) is 1. The van der Waals surface area contributed by atoms with Crippen LogP contribution in [0.1, 0.15) is 24.2 Å². The number of hydrogen-bond donors (Lipinski definition) is 1. The minimum absolute atomic E-state index is 0.102. The number of rotatable bonds is 1. The first-order chi connectivity index (χ1) is 8.87. The van der Waals surface area contributed by atoms with E-state index in [2.05, 4.69) is 5.32 Å². The summed E-state index contributed by atoms with van der Waals surface area (Å²) in [6.07, 6.45) is 0. The Morgan fingerprint density at radius 1 is 1.32 bits per heavy atom. The fraction of sp³-hybridized carbons (Fsp3) is 0.429. The lowest BCUT2D eigenvalue weighted by Crippen LogP contribution is -2.39. The molecule has 1 aliphatic rings. The molecule has 2 rings (SSSR count). The minimum Gasteiger partial charge on any atom is -0.354 e. The number of halogens is 1. The van der Waals surface area contributed by atoms with Crippen LogP contribution < -0.4 is 5.32 Å². The molecule has 0 atom stereocenters. The van der Waals surface area contributed by atoms with Gasteiger partial charge in [0.05, 0.1) is 6.54 Å². The van der Waals surface area contributed by atoms with Crippen LogP contribution in [0.2, 0.25) is 5.02 Å². The average molecular weight is 281 g/mol. The van der Waals surface area contributed by atoms with Gasteiger partial charge in [-0.15, -0.1) is 0 Å². The molecule has 0 bridgehead atoms. The topological polar surface area (TPSA) is 49.4 Å². The van der Waals surface area contributed by atoms with E-state index in [1.807, 2.05) is 13.8 Å². The van der Waals surface area contributed by atoms with E-state index in [1.165, 1.54) is 0 Å². The van der Waals surface area contributed by atoms with Crippen molar-refractivity contribution in [1.82, 2.24) is 10.2 Å². The third kappa shape index (κ3) is 3.47. The molecule has 5 heteroatoms. The molecule has 0 saturated carbocycles. The van der Waals surface area contributed by atoms with Gasteiger partial charge in [0.25, 0.3) is 5.91 Å². The third-order valence-electron chi connectivity index (χ3n) is 3.10. The van der Waals surface area contributed by atoms with Crippen LogP contribution in [-0.4, -0.2) is 36.3 Å². The molecule has 0 aliphatic carbocycles. The first-order valence-electron chi connectivity index (χ1n) is 6.19. The Morgan fingerprint density at radius 2 is 1.95 bits per heavy atom. The van der Waals surface area contributed by atoms with Crippen molar-refractivity contribution >= 4 is 23.4 Å². The van der Waals surface area contributed by atoms with Crippen molar-refractivity contribution in [3.05, 3.63) is 34.9 Å². The Morgan fingerprint density at radius 3 is 2.58 bits per heavy atom. The molecule has 1 aliphatic heterocycles. The highest BCUT2D eigenvalue weighted by Gasteiger charge is 2.30. The van der Waals surface area contributed by atoms with Crippen LogP contribution in [0.15, 0.2) is 24.3 Å². The number of carbonyl (C=O) groups excluding carboxylic acids is 2. The normalized spacial score (nSPS) is 18.7. The first-order valence-corrected chi connectivity index (χ1v) is 6.57. The van der Waals surface area contributed by atoms with Gasteiger partial charge < -0.3 is 10.2 Å². The summed E-state index contributed by atoms with van der Waals surface area (Å²) in [6, 6.07) is 6.72. The molecule has 2 amide bonds. The summed E-state index contributed by atoms with van der Waals surface area (Å²) in [5, 5.41) is 3.41. The van der Waals surface area contributed by atoms with Crippen molar-refractivity contribution in [2.24, 2.45) is 5.41 Å². The quantitative estimate of drug-likeness (QED) is 0.855. The van der Waals surface area contributed by atoms with Gasteiger partial charge in [0, 0.05) is 23.7 Å². The molecule has 1 saturated heterocycles. The largest absolute Gasteiger partial charge is 0.354 e. The molecule has 1 aromatic carbocycles. The molecule has 19 heavy (non-hydrogen) atoms. The molecule has 102 valence electrons. The van der Waals surface area contributed by atoms with E-state index in [0.717, 1.165) is 0 Å². The summed E-state index contributed by atoms with van der Waals surface area (Å²) in [5.74, 6) is -0.255. The van der Waals surface area contributed by atoms with E-state index in [1.54, 1.807) is 29.2 Å². The lowest BCUT2D eigenvalue weighted by atomic mass is 9.93. The first kappa shape index (κ1) is 13.9. The monoisotopic (exact) mass is 280 g/mol. The van der Waals surface area contributed by atoms with Gasteiger partial charge in [0.15, 0.2) is 0 Å². The van der Waals surface area contributed by atoms with Gasteiger partial charge in [-0.1, -0.05) is 25.4 Å². The predicted octanol–water partition coefficient (Wildman–Crippen LogP) is 1.94. The second-order valence-corrected chi connectivity index (χ2v) is 6.05. The van der Waals surface area contributed by atoms with E-state index < -0.39 is 0 Å². The molecular weight excluding hydrogens is 264 g/mol. The highest BCUT2D eigenvalue weighted by Crippen LogP contribution is 2.20. The predicted molar refractivity (Wildman–Crippen MR) is 74.1 cm³/mol. The van der Waals surface area contributed by atoms with Gasteiger partial charge in [0.2, 0.25) is 5.91 Å². The van der Waals surface area contributed by atoms with Crippen LogP contribution >= 0.6 is 11.6 Å². The maximum Gasteiger partial charge on any atom is 0.254 e. The number of nitrogens with one attached hydrogen (secondary N) is 1. The fourth-order valence-corrected chi connectivity index (χ4v) is 2.24. The zero-order chi connectivity index (χ0) is 14.0. The van der Waals surface area contributed by atoms with Crippen molar-refractivity contribution in [3.63, 3.8) is 0 Å². The smallest absolute Gasteiger partial charge is 0.254 e. The summed E-state index contributed by atoms with van der Waals surface area (Å²) in [5.41, 5.74) is 0.420. The Labute approximate surface area is 117 Å². The average Bonchev–Trinajstić information content (AvgIpc) is 2.48. The number of hydrogen-bond acceptors (Lipinski definition) is 2. The van der Waals surface area contributed by atoms with Gasteiger partial charge in [-0.05, 0) is 29.7 Å². The summed E-state index contributed by atoms with van der Waals surface area (Å²) in [6.45, 7) is 5.29. The fourth-order valence-electron chi connectivity index (χ4n) is 2.11. The van der Waals surface area contributed by atoms with Crippen LogP contribution in [0.5, 0.6) is 0 Å². The number of carbonyl (C=O) groups is 2. The lowest BCUT2D eigenvalue weighted by Gasteiger charge is -2.28. The second-order valence-electron chi connectivity index (χ2n) is 5.61. The Hall–Kier alpha value is -1.55. The summed E-state index contributed by atoms with van der Waals surface area (Å²) in [4.78, 5) is 25.6. The maximum absolute atomic E-state index is 12.4. The Kier molecular flexibility index (Phi) is 3.80. The third-order valence-corrected chi connectivity index (χ3v) is 3.35. The number of amides is 2. The molecule has 1 fully saturated rings. The molecule has 4 nitrogen and oxygen atoms in total. The standard InChI is InChI=1S/C14H17ClN2O2/c1-14(2)8-16-12(18)7-17(9-14)13(19)10-3-5-11(15)6-4-10/h3-6H,7-9H2,1-2H3,(H,16,18). The van der Waals surface area contributed by atoms with Gasteiger partial charge in [-0.2, -0.15) is 0 Å². The van der Waals surface area contributed by atoms with Gasteiger partial charge in [-0.25, -0.2) is 0 Å². The zero-order valence-corrected chi connectivity index (χ0v) is 11.8. The van der Waals surface area contributed by atoms with Gasteiger partial charge in [0.1, 0.15) is 0 Å². The highest BCUT2D eigenvalue weighted by atomic mass is 35.5. The Balaban J connectivity index is 2.21. The summed E-state index contributed by atoms with van der Waals surface area (Å²) in [7, 11) is 0. The molecule has 1 aromatic rings. The van der Waals surface area contributed by atoms with E-state index in [-0.39, 0.29) is 23.8 Å².